The number of hydrogen-bond donors (Lipinski definition) is 0. The highest BCUT2D eigenvalue weighted by molar-refractivity contribution is 6.32. The van der Waals surface area contributed by atoms with Gasteiger partial charge in [0, 0.05) is 48.7 Å². The van der Waals surface area contributed by atoms with Gasteiger partial charge >= 0.3 is 0 Å². The van der Waals surface area contributed by atoms with Crippen LogP contribution in [0.4, 0.5) is 5.69 Å². The third-order valence-corrected chi connectivity index (χ3v) is 5.72. The van der Waals surface area contributed by atoms with Gasteiger partial charge < -0.3 is 14.4 Å². The van der Waals surface area contributed by atoms with E-state index in [2.05, 4.69) is 11.9 Å². The van der Waals surface area contributed by atoms with Crippen molar-refractivity contribution < 1.29 is 14.4 Å². The summed E-state index contributed by atoms with van der Waals surface area (Å²) >= 11 is 6.35. The number of methoxy groups -OCH3 is 1. The maximum absolute atomic E-state index is 11.5. The number of halogens is 2. The van der Waals surface area contributed by atoms with E-state index >= 15 is 0 Å². The van der Waals surface area contributed by atoms with Gasteiger partial charge in [0.2, 0.25) is 0 Å². The van der Waals surface area contributed by atoms with Crippen molar-refractivity contribution in [3.63, 3.8) is 0 Å². The minimum Gasteiger partial charge on any atom is -0.495 e. The van der Waals surface area contributed by atoms with Crippen molar-refractivity contribution in [2.24, 2.45) is 0 Å². The van der Waals surface area contributed by atoms with Crippen LogP contribution in [0.1, 0.15) is 28.2 Å². The summed E-state index contributed by atoms with van der Waals surface area (Å²) in [4.78, 5) is 13.4. The quantitative estimate of drug-likeness (QED) is 0.544. The molecule has 0 fully saturated rings. The average Bonchev–Trinajstić information content (AvgIpc) is 3.06. The lowest BCUT2D eigenvalue weighted by Gasteiger charge is -2.24. The summed E-state index contributed by atoms with van der Waals surface area (Å²) in [5.41, 5.74) is 4.14. The van der Waals surface area contributed by atoms with Crippen molar-refractivity contribution in [3.8, 4) is 11.5 Å². The number of benzene rings is 2. The number of ether oxygens (including phenoxy) is 2. The Balaban J connectivity index is 0.00000225. The second-order valence-corrected chi connectivity index (χ2v) is 7.54. The molecule has 2 aromatic rings. The normalized spacial score (nSPS) is 18.3. The van der Waals surface area contributed by atoms with Crippen LogP contribution in [0.3, 0.4) is 0 Å². The van der Waals surface area contributed by atoms with Gasteiger partial charge in [0.15, 0.2) is 0 Å². The van der Waals surface area contributed by atoms with Gasteiger partial charge in [0.25, 0.3) is 5.69 Å². The molecule has 2 aliphatic heterocycles. The molecule has 1 atom stereocenters. The molecule has 0 aliphatic carbocycles. The van der Waals surface area contributed by atoms with Crippen molar-refractivity contribution in [1.29, 1.82) is 0 Å². The van der Waals surface area contributed by atoms with Crippen LogP contribution in [0.15, 0.2) is 24.3 Å². The van der Waals surface area contributed by atoms with Crippen LogP contribution in [0, 0.1) is 10.1 Å². The third kappa shape index (κ3) is 3.64. The molecule has 0 amide bonds. The highest BCUT2D eigenvalue weighted by atomic mass is 35.5. The fourth-order valence-electron chi connectivity index (χ4n) is 4.07. The summed E-state index contributed by atoms with van der Waals surface area (Å²) in [6.45, 7) is 2.20. The maximum atomic E-state index is 11.5. The van der Waals surface area contributed by atoms with E-state index in [1.54, 1.807) is 19.2 Å². The molecular weight excluding hydrogens is 403 g/mol. The molecule has 0 spiro atoms. The van der Waals surface area contributed by atoms with Crippen LogP contribution in [0.2, 0.25) is 5.02 Å². The van der Waals surface area contributed by atoms with Crippen molar-refractivity contribution in [1.82, 2.24) is 4.90 Å². The molecule has 2 aliphatic rings. The molecule has 1 unspecified atom stereocenters. The molecule has 0 radical (unpaired) electrons. The second kappa shape index (κ2) is 8.15. The summed E-state index contributed by atoms with van der Waals surface area (Å²) in [6.07, 6.45) is 1.56. The van der Waals surface area contributed by atoms with Crippen LogP contribution in [0.25, 0.3) is 0 Å². The van der Waals surface area contributed by atoms with Gasteiger partial charge in [-0.2, -0.15) is 0 Å². The molecule has 2 aromatic carbocycles. The van der Waals surface area contributed by atoms with Gasteiger partial charge in [0.1, 0.15) is 11.5 Å². The Morgan fingerprint density at radius 1 is 1.21 bits per heavy atom. The topological polar surface area (TPSA) is 64.8 Å². The molecule has 2 heterocycles. The van der Waals surface area contributed by atoms with Gasteiger partial charge in [-0.15, -0.1) is 12.4 Å². The van der Waals surface area contributed by atoms with Crippen molar-refractivity contribution in [2.75, 3.05) is 33.9 Å². The number of fused-ring (bicyclic) bond motifs is 2. The SMILES string of the molecule is COc1cc2c(cc1Cl)CCN(C)CC2c1cc([N+](=O)[O-])cc2c1OCC2.Cl. The lowest BCUT2D eigenvalue weighted by molar-refractivity contribution is -0.385. The zero-order valence-electron chi connectivity index (χ0n) is 15.7. The molecule has 0 saturated heterocycles. The number of nitro benzene ring substituents is 1. The van der Waals surface area contributed by atoms with Gasteiger partial charge in [-0.05, 0) is 36.7 Å². The van der Waals surface area contributed by atoms with Crippen molar-refractivity contribution in [3.05, 3.63) is 61.7 Å². The highest BCUT2D eigenvalue weighted by Gasteiger charge is 2.31. The number of nitro groups is 1. The maximum Gasteiger partial charge on any atom is 0.270 e. The van der Waals surface area contributed by atoms with E-state index < -0.39 is 0 Å². The largest absolute Gasteiger partial charge is 0.495 e. The molecule has 150 valence electrons. The molecule has 6 nitrogen and oxygen atoms in total. The van der Waals surface area contributed by atoms with E-state index in [9.17, 15) is 10.1 Å². The number of rotatable bonds is 3. The molecule has 8 heteroatoms. The lowest BCUT2D eigenvalue weighted by Crippen LogP contribution is -2.24. The zero-order chi connectivity index (χ0) is 19.1. The lowest BCUT2D eigenvalue weighted by atomic mass is 9.86. The third-order valence-electron chi connectivity index (χ3n) is 5.43. The van der Waals surface area contributed by atoms with E-state index in [0.717, 1.165) is 47.5 Å². The van der Waals surface area contributed by atoms with E-state index in [1.807, 2.05) is 12.1 Å². The molecule has 28 heavy (non-hydrogen) atoms. The Morgan fingerprint density at radius 2 is 2.00 bits per heavy atom. The first-order chi connectivity index (χ1) is 13.0. The fourth-order valence-corrected chi connectivity index (χ4v) is 4.33. The summed E-state index contributed by atoms with van der Waals surface area (Å²) in [5, 5.41) is 12.1. The highest BCUT2D eigenvalue weighted by Crippen LogP contribution is 2.44. The average molecular weight is 425 g/mol. The Hall–Kier alpha value is -2.02. The Bertz CT molecular complexity index is 920. The Kier molecular flexibility index (Phi) is 6.03. The molecule has 4 rings (SSSR count). The van der Waals surface area contributed by atoms with Crippen molar-refractivity contribution in [2.45, 2.75) is 18.8 Å². The summed E-state index contributed by atoms with van der Waals surface area (Å²) < 4.78 is 11.3. The van der Waals surface area contributed by atoms with Gasteiger partial charge in [-0.3, -0.25) is 10.1 Å². The van der Waals surface area contributed by atoms with E-state index in [-0.39, 0.29) is 28.9 Å². The number of likely N-dealkylation sites (N-methyl/N-ethyl adjacent to an activating group) is 1. The molecule has 0 saturated carbocycles. The number of non-ortho nitro benzene ring substituents is 1. The number of hydrogen-bond acceptors (Lipinski definition) is 5. The van der Waals surface area contributed by atoms with Crippen LogP contribution in [0.5, 0.6) is 11.5 Å². The Morgan fingerprint density at radius 3 is 2.71 bits per heavy atom. The standard InChI is InChI=1S/C20H21ClN2O4.ClH/c1-22-5-3-12-8-18(21)19(26-2)10-15(12)17(11-22)16-9-14(23(24)25)7-13-4-6-27-20(13)16;/h7-10,17H,3-6,11H2,1-2H3;1H. The number of nitrogens with zero attached hydrogens (tertiary/aromatic N) is 2. The summed E-state index contributed by atoms with van der Waals surface area (Å²) in [6, 6.07) is 7.23. The first kappa shape index (κ1) is 20.7. The molecule has 0 aromatic heterocycles. The molecule has 0 N–H and O–H groups in total. The fraction of sp³-hybridized carbons (Fsp3) is 0.400. The monoisotopic (exact) mass is 424 g/mol. The van der Waals surface area contributed by atoms with Crippen molar-refractivity contribution >= 4 is 29.7 Å². The molecular formula is C20H22Cl2N2O4. The van der Waals surface area contributed by atoms with E-state index in [0.29, 0.717) is 23.8 Å². The van der Waals surface area contributed by atoms with Crippen LogP contribution >= 0.6 is 24.0 Å². The Labute approximate surface area is 174 Å². The van der Waals surface area contributed by atoms with Crippen LogP contribution < -0.4 is 9.47 Å². The summed E-state index contributed by atoms with van der Waals surface area (Å²) in [5.74, 6) is 1.36. The zero-order valence-corrected chi connectivity index (χ0v) is 17.3. The van der Waals surface area contributed by atoms with E-state index in [4.69, 9.17) is 21.1 Å². The van der Waals surface area contributed by atoms with Crippen LogP contribution in [-0.2, 0) is 12.8 Å². The minimum atomic E-state index is -0.328. The van der Waals surface area contributed by atoms with Gasteiger partial charge in [0.05, 0.1) is 23.7 Å². The minimum absolute atomic E-state index is 0. The van der Waals surface area contributed by atoms with Gasteiger partial charge in [-0.25, -0.2) is 0 Å². The first-order valence-corrected chi connectivity index (χ1v) is 9.34. The molecule has 0 bridgehead atoms. The smallest absolute Gasteiger partial charge is 0.270 e. The predicted octanol–water partition coefficient (Wildman–Crippen LogP) is 4.23. The first-order valence-electron chi connectivity index (χ1n) is 8.96. The second-order valence-electron chi connectivity index (χ2n) is 7.13. The van der Waals surface area contributed by atoms with E-state index in [1.165, 1.54) is 0 Å². The van der Waals surface area contributed by atoms with Crippen LogP contribution in [-0.4, -0.2) is 43.7 Å². The van der Waals surface area contributed by atoms with Gasteiger partial charge in [-0.1, -0.05) is 11.6 Å². The predicted molar refractivity (Wildman–Crippen MR) is 111 cm³/mol. The summed E-state index contributed by atoms with van der Waals surface area (Å²) in [7, 11) is 3.66.